The van der Waals surface area contributed by atoms with Crippen LogP contribution in [0.25, 0.3) is 22.8 Å². The van der Waals surface area contributed by atoms with Gasteiger partial charge < -0.3 is 9.80 Å². The molecule has 4 heterocycles. The average Bonchev–Trinajstić information content (AvgIpc) is 3.88. The number of aryl methyl sites for hydroxylation is 1. The number of hydrogen-bond donors (Lipinski definition) is 0. The number of nitrogens with zero attached hydrogens (tertiary/aromatic N) is 8. The fourth-order valence-electron chi connectivity index (χ4n) is 6.40. The number of benzene rings is 4. The number of piperazine rings is 2. The lowest BCUT2D eigenvalue weighted by Crippen LogP contribution is -2.47. The molecule has 0 bridgehead atoms. The largest absolute Gasteiger partial charge is 0.344 e. The van der Waals surface area contributed by atoms with E-state index < -0.39 is 0 Å². The molecule has 0 aliphatic carbocycles. The SMILES string of the molecule is Cc1ccccc1CN1CCN(c2nc(-c3cccc(Cl)c3)ns2)CC1.Fc1cccc(-c2nsc(N3CCN(CCc4ccc(Cl)cc4)CC3)n2)c1. The predicted molar refractivity (Wildman–Crippen MR) is 218 cm³/mol. The van der Waals surface area contributed by atoms with Crippen molar-refractivity contribution in [3.05, 3.63) is 130 Å². The molecule has 2 saturated heterocycles. The third-order valence-electron chi connectivity index (χ3n) is 9.57. The fraction of sp³-hybridized carbons (Fsp3) is 0.300. The Hall–Kier alpha value is -3.97. The van der Waals surface area contributed by atoms with Crippen LogP contribution in [0.4, 0.5) is 14.7 Å². The van der Waals surface area contributed by atoms with Crippen LogP contribution in [0.1, 0.15) is 16.7 Å². The van der Waals surface area contributed by atoms with E-state index in [-0.39, 0.29) is 5.82 Å². The maximum absolute atomic E-state index is 13.4. The van der Waals surface area contributed by atoms with E-state index in [1.54, 1.807) is 6.07 Å². The molecule has 0 saturated carbocycles. The zero-order valence-corrected chi connectivity index (χ0v) is 32.7. The third-order valence-corrected chi connectivity index (χ3v) is 11.6. The molecule has 2 aliphatic heterocycles. The molecule has 2 fully saturated rings. The first-order chi connectivity index (χ1) is 25.9. The van der Waals surface area contributed by atoms with Crippen LogP contribution in [0.15, 0.2) is 97.1 Å². The third kappa shape index (κ3) is 10.2. The molecule has 2 aliphatic rings. The van der Waals surface area contributed by atoms with Crippen LogP contribution in [-0.2, 0) is 13.0 Å². The van der Waals surface area contributed by atoms with Crippen LogP contribution in [0.5, 0.6) is 0 Å². The summed E-state index contributed by atoms with van der Waals surface area (Å²) in [6.45, 7) is 12.2. The van der Waals surface area contributed by atoms with Crippen LogP contribution in [0.2, 0.25) is 10.0 Å². The fourth-order valence-corrected chi connectivity index (χ4v) is 8.20. The van der Waals surface area contributed by atoms with E-state index in [9.17, 15) is 4.39 Å². The summed E-state index contributed by atoms with van der Waals surface area (Å²) in [7, 11) is 0. The van der Waals surface area contributed by atoms with Gasteiger partial charge in [-0.15, -0.1) is 0 Å². The van der Waals surface area contributed by atoms with Crippen LogP contribution >= 0.6 is 46.3 Å². The van der Waals surface area contributed by atoms with Gasteiger partial charge >= 0.3 is 0 Å². The highest BCUT2D eigenvalue weighted by Crippen LogP contribution is 2.28. The van der Waals surface area contributed by atoms with Gasteiger partial charge in [0.05, 0.1) is 0 Å². The van der Waals surface area contributed by atoms with Gasteiger partial charge in [0.15, 0.2) is 11.6 Å². The van der Waals surface area contributed by atoms with Gasteiger partial charge in [-0.2, -0.15) is 18.7 Å². The van der Waals surface area contributed by atoms with Crippen LogP contribution in [0.3, 0.4) is 0 Å². The van der Waals surface area contributed by atoms with Gasteiger partial charge in [0.1, 0.15) is 5.82 Å². The monoisotopic (exact) mass is 786 g/mol. The van der Waals surface area contributed by atoms with Crippen molar-refractivity contribution in [3.8, 4) is 22.8 Å². The van der Waals surface area contributed by atoms with Crippen molar-refractivity contribution in [2.75, 3.05) is 68.7 Å². The first-order valence-corrected chi connectivity index (χ1v) is 20.1. The molecule has 2 aromatic heterocycles. The maximum Gasteiger partial charge on any atom is 0.205 e. The van der Waals surface area contributed by atoms with E-state index >= 15 is 0 Å². The average molecular weight is 788 g/mol. The Kier molecular flexibility index (Phi) is 12.6. The Morgan fingerprint density at radius 1 is 0.623 bits per heavy atom. The molecule has 0 unspecified atom stereocenters. The van der Waals surface area contributed by atoms with E-state index in [0.717, 1.165) is 104 Å². The Morgan fingerprint density at radius 2 is 1.21 bits per heavy atom. The van der Waals surface area contributed by atoms with Crippen molar-refractivity contribution in [3.63, 3.8) is 0 Å². The summed E-state index contributed by atoms with van der Waals surface area (Å²) in [6, 6.07) is 30.8. The van der Waals surface area contributed by atoms with Gasteiger partial charge in [-0.3, -0.25) is 9.80 Å². The molecule has 53 heavy (non-hydrogen) atoms. The number of rotatable bonds is 9. The highest BCUT2D eigenvalue weighted by molar-refractivity contribution is 7.10. The standard InChI is InChI=1S/C20H20ClFN4S.C20H21ClN4S/c21-17-6-4-15(5-7-17)8-9-25-10-12-26(13-11-25)20-23-19(24-27-20)16-2-1-3-18(22)14-16;1-15-5-2-3-6-17(15)14-24-9-11-25(12-10-24)20-22-19(23-26-20)16-7-4-8-18(21)13-16/h1-7,14H,8-13H2;2-8,13H,9-12,14H2,1H3. The lowest BCUT2D eigenvalue weighted by Gasteiger charge is -2.34. The number of anilines is 2. The molecule has 0 spiro atoms. The van der Waals surface area contributed by atoms with E-state index in [1.807, 2.05) is 42.5 Å². The highest BCUT2D eigenvalue weighted by Gasteiger charge is 2.22. The second kappa shape index (κ2) is 17.9. The van der Waals surface area contributed by atoms with E-state index in [1.165, 1.54) is 51.9 Å². The van der Waals surface area contributed by atoms with Crippen molar-refractivity contribution in [1.29, 1.82) is 0 Å². The molecule has 6 aromatic rings. The van der Waals surface area contributed by atoms with Crippen molar-refractivity contribution >= 4 is 56.5 Å². The van der Waals surface area contributed by atoms with Crippen molar-refractivity contribution in [1.82, 2.24) is 28.5 Å². The molecule has 8 rings (SSSR count). The molecule has 274 valence electrons. The van der Waals surface area contributed by atoms with E-state index in [0.29, 0.717) is 10.8 Å². The summed E-state index contributed by atoms with van der Waals surface area (Å²) in [5.74, 6) is 1.09. The molecular formula is C40H41Cl2FN8S2. The second-order valence-corrected chi connectivity index (χ2v) is 15.6. The molecule has 4 aromatic carbocycles. The minimum atomic E-state index is -0.266. The molecule has 13 heteroatoms. The minimum Gasteiger partial charge on any atom is -0.344 e. The summed E-state index contributed by atoms with van der Waals surface area (Å²) in [5, 5.41) is 3.40. The summed E-state index contributed by atoms with van der Waals surface area (Å²) in [4.78, 5) is 18.9. The predicted octanol–water partition coefficient (Wildman–Crippen LogP) is 8.85. The summed E-state index contributed by atoms with van der Waals surface area (Å²) in [6.07, 6.45) is 1.03. The molecule has 0 atom stereocenters. The number of aromatic nitrogens is 4. The Balaban J connectivity index is 0.000000164. The maximum atomic E-state index is 13.4. The molecule has 0 radical (unpaired) electrons. The topological polar surface area (TPSA) is 64.5 Å². The minimum absolute atomic E-state index is 0.266. The second-order valence-electron chi connectivity index (χ2n) is 13.2. The smallest absolute Gasteiger partial charge is 0.205 e. The summed E-state index contributed by atoms with van der Waals surface area (Å²) >= 11 is 14.9. The normalized spacial score (nSPS) is 15.3. The summed E-state index contributed by atoms with van der Waals surface area (Å²) < 4.78 is 22.3. The zero-order valence-electron chi connectivity index (χ0n) is 29.5. The van der Waals surface area contributed by atoms with Gasteiger partial charge in [0.25, 0.3) is 0 Å². The molecular weight excluding hydrogens is 747 g/mol. The first-order valence-electron chi connectivity index (χ1n) is 17.8. The molecule has 0 amide bonds. The molecule has 8 nitrogen and oxygen atoms in total. The quantitative estimate of drug-likeness (QED) is 0.144. The van der Waals surface area contributed by atoms with Crippen molar-refractivity contribution in [2.45, 2.75) is 19.9 Å². The van der Waals surface area contributed by atoms with Crippen LogP contribution in [-0.4, -0.2) is 87.4 Å². The lowest BCUT2D eigenvalue weighted by molar-refractivity contribution is 0.249. The summed E-state index contributed by atoms with van der Waals surface area (Å²) in [5.41, 5.74) is 5.79. The van der Waals surface area contributed by atoms with Crippen LogP contribution in [0, 0.1) is 12.7 Å². The van der Waals surface area contributed by atoms with Gasteiger partial charge in [-0.05, 0) is 66.4 Å². The van der Waals surface area contributed by atoms with E-state index in [2.05, 4.69) is 76.7 Å². The first kappa shape index (κ1) is 37.3. The van der Waals surface area contributed by atoms with E-state index in [4.69, 9.17) is 28.2 Å². The Morgan fingerprint density at radius 3 is 1.81 bits per heavy atom. The van der Waals surface area contributed by atoms with Gasteiger partial charge in [0.2, 0.25) is 10.3 Å². The van der Waals surface area contributed by atoms with Crippen molar-refractivity contribution in [2.24, 2.45) is 0 Å². The Bertz CT molecular complexity index is 2080. The van der Waals surface area contributed by atoms with Gasteiger partial charge in [-0.25, -0.2) is 4.39 Å². The van der Waals surface area contributed by atoms with Gasteiger partial charge in [0, 0.05) is 110 Å². The Labute approximate surface area is 328 Å². The lowest BCUT2D eigenvalue weighted by atomic mass is 10.1. The van der Waals surface area contributed by atoms with Crippen LogP contribution < -0.4 is 9.80 Å². The highest BCUT2D eigenvalue weighted by atomic mass is 35.5. The zero-order chi connectivity index (χ0) is 36.6. The number of hydrogen-bond acceptors (Lipinski definition) is 10. The number of halogens is 3. The van der Waals surface area contributed by atoms with Crippen molar-refractivity contribution < 1.29 is 4.39 Å². The molecule has 0 N–H and O–H groups in total. The van der Waals surface area contributed by atoms with Gasteiger partial charge in [-0.1, -0.05) is 83.9 Å².